The minimum atomic E-state index is -6.07. The van der Waals surface area contributed by atoms with Crippen molar-refractivity contribution in [1.82, 2.24) is 19.2 Å². The minimum Gasteiger partial charge on any atom is -0.379 e. The molecule has 0 saturated carbocycles. The van der Waals surface area contributed by atoms with E-state index >= 15 is 0 Å². The first-order valence-corrected chi connectivity index (χ1v) is 14.0. The highest BCUT2D eigenvalue weighted by atomic mass is 32.2. The standard InChI is InChI=1S/C23H27F6N5O4S2/c1-15-14-38-9-8-32(15)12-17-13-33(40(36,37)19-5-3-2-4-18(19)39)6-7-34(17)20-30-10-16(11-31-20)21(35,22(24,25)26)23(27,28)29/h2-5,10-11,15,17,35,39H,6-9,12-14H2,1H3/t15-,17-/m0/s1. The molecular weight excluding hydrogens is 588 g/mol. The van der Waals surface area contributed by atoms with Crippen LogP contribution in [-0.2, 0) is 20.4 Å². The van der Waals surface area contributed by atoms with Gasteiger partial charge in [-0.1, -0.05) is 12.1 Å². The fourth-order valence-electron chi connectivity index (χ4n) is 4.73. The monoisotopic (exact) mass is 615 g/mol. The Morgan fingerprint density at radius 3 is 2.25 bits per heavy atom. The van der Waals surface area contributed by atoms with Crippen molar-refractivity contribution in [3.8, 4) is 0 Å². The molecule has 1 N–H and O–H groups in total. The van der Waals surface area contributed by atoms with Crippen LogP contribution in [-0.4, -0.2) is 103 Å². The Balaban J connectivity index is 1.66. The normalized spacial score (nSPS) is 22.5. The Morgan fingerprint density at radius 2 is 1.68 bits per heavy atom. The van der Waals surface area contributed by atoms with Crippen molar-refractivity contribution in [2.75, 3.05) is 50.8 Å². The Morgan fingerprint density at radius 1 is 1.05 bits per heavy atom. The molecule has 17 heteroatoms. The average molecular weight is 616 g/mol. The van der Waals surface area contributed by atoms with Gasteiger partial charge in [0.25, 0.3) is 5.60 Å². The van der Waals surface area contributed by atoms with Crippen molar-refractivity contribution in [1.29, 1.82) is 0 Å². The topological polar surface area (TPSA) is 99.1 Å². The number of aromatic nitrogens is 2. The lowest BCUT2D eigenvalue weighted by Crippen LogP contribution is -2.60. The molecule has 2 aliphatic rings. The zero-order valence-corrected chi connectivity index (χ0v) is 22.8. The van der Waals surface area contributed by atoms with Crippen LogP contribution >= 0.6 is 12.6 Å². The largest absolute Gasteiger partial charge is 0.430 e. The summed E-state index contributed by atoms with van der Waals surface area (Å²) in [5, 5.41) is 9.67. The second-order valence-electron chi connectivity index (χ2n) is 9.57. The molecule has 3 heterocycles. The second kappa shape index (κ2) is 11.2. The molecule has 2 fully saturated rings. The molecule has 1 aromatic heterocycles. The van der Waals surface area contributed by atoms with Gasteiger partial charge >= 0.3 is 12.4 Å². The summed E-state index contributed by atoms with van der Waals surface area (Å²) in [6, 6.07) is 5.52. The van der Waals surface area contributed by atoms with Crippen molar-refractivity contribution >= 4 is 28.6 Å². The van der Waals surface area contributed by atoms with Crippen LogP contribution in [0.4, 0.5) is 32.3 Å². The number of anilines is 1. The maximum absolute atomic E-state index is 13.4. The Hall–Kier alpha value is -2.18. The summed E-state index contributed by atoms with van der Waals surface area (Å²) in [4.78, 5) is 11.3. The van der Waals surface area contributed by atoms with E-state index in [-0.39, 0.29) is 53.8 Å². The third-order valence-electron chi connectivity index (χ3n) is 7.01. The number of ether oxygens (including phenoxy) is 1. The third kappa shape index (κ3) is 5.76. The van der Waals surface area contributed by atoms with Crippen LogP contribution in [0.5, 0.6) is 0 Å². The molecule has 2 aromatic rings. The predicted octanol–water partition coefficient (Wildman–Crippen LogP) is 2.68. The maximum Gasteiger partial charge on any atom is 0.430 e. The zero-order chi connectivity index (χ0) is 29.5. The SMILES string of the molecule is C[C@H]1COCCN1C[C@H]1CN(S(=O)(=O)c2ccccc2S)CCN1c1ncc(C(O)(C(F)(F)F)C(F)(F)F)cn1. The van der Waals surface area contributed by atoms with Crippen LogP contribution < -0.4 is 4.90 Å². The van der Waals surface area contributed by atoms with Gasteiger partial charge in [-0.25, -0.2) is 18.4 Å². The molecule has 0 unspecified atom stereocenters. The first kappa shape index (κ1) is 30.8. The summed E-state index contributed by atoms with van der Waals surface area (Å²) in [5.74, 6) is -0.201. The van der Waals surface area contributed by atoms with Gasteiger partial charge in [0.2, 0.25) is 16.0 Å². The molecule has 2 aliphatic heterocycles. The number of piperazine rings is 1. The summed E-state index contributed by atoms with van der Waals surface area (Å²) in [7, 11) is -3.98. The van der Waals surface area contributed by atoms with E-state index in [4.69, 9.17) is 4.74 Å². The number of alkyl halides is 6. The molecule has 0 aliphatic carbocycles. The lowest BCUT2D eigenvalue weighted by molar-refractivity contribution is -0.376. The van der Waals surface area contributed by atoms with Gasteiger partial charge in [-0.15, -0.1) is 12.6 Å². The van der Waals surface area contributed by atoms with Crippen molar-refractivity contribution in [2.45, 2.75) is 46.8 Å². The molecule has 1 aromatic carbocycles. The molecule has 0 bridgehead atoms. The van der Waals surface area contributed by atoms with E-state index in [9.17, 15) is 39.9 Å². The number of thiol groups is 1. The lowest BCUT2D eigenvalue weighted by atomic mass is 9.95. The van der Waals surface area contributed by atoms with Crippen molar-refractivity contribution in [2.24, 2.45) is 0 Å². The van der Waals surface area contributed by atoms with E-state index in [0.717, 1.165) is 0 Å². The molecule has 9 nitrogen and oxygen atoms in total. The summed E-state index contributed by atoms with van der Waals surface area (Å²) in [5.41, 5.74) is -6.74. The first-order chi connectivity index (χ1) is 18.6. The smallest absolute Gasteiger partial charge is 0.379 e. The van der Waals surface area contributed by atoms with Gasteiger partial charge in [0.15, 0.2) is 0 Å². The van der Waals surface area contributed by atoms with Gasteiger partial charge in [-0.05, 0) is 19.1 Å². The van der Waals surface area contributed by atoms with Crippen LogP contribution in [0.15, 0.2) is 46.5 Å². The number of aliphatic hydroxyl groups is 1. The molecule has 2 saturated heterocycles. The molecule has 0 radical (unpaired) electrons. The minimum absolute atomic E-state index is 0.000484. The number of nitrogens with zero attached hydrogens (tertiary/aromatic N) is 5. The van der Waals surface area contributed by atoms with Gasteiger partial charge < -0.3 is 14.7 Å². The maximum atomic E-state index is 13.4. The fourth-order valence-corrected chi connectivity index (χ4v) is 6.78. The molecule has 4 rings (SSSR count). The molecule has 222 valence electrons. The number of benzene rings is 1. The number of hydrogen-bond acceptors (Lipinski definition) is 9. The quantitative estimate of drug-likeness (QED) is 0.378. The fraction of sp³-hybridized carbons (Fsp3) is 0.565. The summed E-state index contributed by atoms with van der Waals surface area (Å²) in [6.45, 7) is 3.48. The summed E-state index contributed by atoms with van der Waals surface area (Å²) in [6.07, 6.45) is -11.6. The van der Waals surface area contributed by atoms with E-state index in [1.165, 1.54) is 16.4 Å². The number of hydrogen-bond donors (Lipinski definition) is 2. The zero-order valence-electron chi connectivity index (χ0n) is 21.1. The molecule has 0 spiro atoms. The first-order valence-electron chi connectivity index (χ1n) is 12.1. The van der Waals surface area contributed by atoms with Gasteiger partial charge in [-0.3, -0.25) is 4.90 Å². The number of morpholine rings is 1. The Labute approximate surface area is 232 Å². The number of halogens is 6. The molecule has 2 atom stereocenters. The molecule has 0 amide bonds. The third-order valence-corrected chi connectivity index (χ3v) is 9.48. The lowest BCUT2D eigenvalue weighted by Gasteiger charge is -2.44. The highest BCUT2D eigenvalue weighted by Gasteiger charge is 2.71. The van der Waals surface area contributed by atoms with Crippen LogP contribution in [0.25, 0.3) is 0 Å². The summed E-state index contributed by atoms with van der Waals surface area (Å²) >= 11 is 4.26. The van der Waals surface area contributed by atoms with E-state index in [1.807, 2.05) is 11.8 Å². The van der Waals surface area contributed by atoms with Crippen molar-refractivity contribution < 1.29 is 44.6 Å². The highest BCUT2D eigenvalue weighted by molar-refractivity contribution is 7.90. The van der Waals surface area contributed by atoms with Crippen LogP contribution in [0, 0.1) is 0 Å². The Bertz CT molecular complexity index is 1280. The van der Waals surface area contributed by atoms with Gasteiger partial charge in [0.1, 0.15) is 0 Å². The number of rotatable bonds is 6. The molecule has 40 heavy (non-hydrogen) atoms. The second-order valence-corrected chi connectivity index (χ2v) is 12.0. The van der Waals surface area contributed by atoms with Crippen LogP contribution in [0.3, 0.4) is 0 Å². The van der Waals surface area contributed by atoms with E-state index in [1.54, 1.807) is 17.0 Å². The van der Waals surface area contributed by atoms with E-state index in [0.29, 0.717) is 26.3 Å². The van der Waals surface area contributed by atoms with Gasteiger partial charge in [-0.2, -0.15) is 30.6 Å². The Kier molecular flexibility index (Phi) is 8.65. The molecular formula is C23H27F6N5O4S2. The van der Waals surface area contributed by atoms with Gasteiger partial charge in [0.05, 0.1) is 24.2 Å². The summed E-state index contributed by atoms with van der Waals surface area (Å²) < 4.78 is 113. The van der Waals surface area contributed by atoms with Crippen LogP contribution in [0.2, 0.25) is 0 Å². The highest BCUT2D eigenvalue weighted by Crippen LogP contribution is 2.49. The average Bonchev–Trinajstić information content (AvgIpc) is 2.88. The number of sulfonamides is 1. The van der Waals surface area contributed by atoms with Crippen molar-refractivity contribution in [3.63, 3.8) is 0 Å². The predicted molar refractivity (Wildman–Crippen MR) is 133 cm³/mol. The van der Waals surface area contributed by atoms with Crippen molar-refractivity contribution in [3.05, 3.63) is 42.2 Å². The van der Waals surface area contributed by atoms with E-state index in [2.05, 4.69) is 22.6 Å². The van der Waals surface area contributed by atoms with Crippen LogP contribution in [0.1, 0.15) is 12.5 Å². The van der Waals surface area contributed by atoms with Gasteiger partial charge in [0, 0.05) is 61.6 Å². The van der Waals surface area contributed by atoms with E-state index < -0.39 is 39.6 Å².